The van der Waals surface area contributed by atoms with Gasteiger partial charge in [0, 0.05) is 12.1 Å². The number of hydrogen-bond acceptors (Lipinski definition) is 4. The normalized spacial score (nSPS) is 22.5. The Morgan fingerprint density at radius 3 is 2.50 bits per heavy atom. The van der Waals surface area contributed by atoms with Crippen LogP contribution in [-0.2, 0) is 0 Å². The van der Waals surface area contributed by atoms with E-state index in [9.17, 15) is 15.3 Å². The largest absolute Gasteiger partial charge is 0.508 e. The number of aliphatic hydroxyl groups is 1. The lowest BCUT2D eigenvalue weighted by Crippen LogP contribution is -2.35. The maximum Gasteiger partial charge on any atom is 0.120 e. The minimum absolute atomic E-state index is 0.129. The van der Waals surface area contributed by atoms with E-state index < -0.39 is 6.10 Å². The number of aliphatic hydroxyl groups excluding tert-OH is 1. The number of likely N-dealkylation sites (N-methyl/N-ethyl adjacent to an activating group) is 1. The summed E-state index contributed by atoms with van der Waals surface area (Å²) in [6.45, 7) is 0.454. The number of hydrogen-bond donors (Lipinski definition) is 3. The van der Waals surface area contributed by atoms with Crippen LogP contribution < -0.4 is 0 Å². The Labute approximate surface area is 117 Å². The minimum atomic E-state index is -0.635. The first-order valence-electron chi connectivity index (χ1n) is 6.57. The topological polar surface area (TPSA) is 63.9 Å². The van der Waals surface area contributed by atoms with Crippen LogP contribution in [0, 0.1) is 0 Å². The van der Waals surface area contributed by atoms with Gasteiger partial charge in [-0.2, -0.15) is 0 Å². The summed E-state index contributed by atoms with van der Waals surface area (Å²) in [4.78, 5) is 2.00. The summed E-state index contributed by atoms with van der Waals surface area (Å²) in [5.74, 6) is 0.378. The molecule has 104 valence electrons. The van der Waals surface area contributed by atoms with Gasteiger partial charge in [0.15, 0.2) is 0 Å². The Hall–Kier alpha value is -2.04. The summed E-state index contributed by atoms with van der Waals surface area (Å²) in [6.07, 6.45) is -0.635. The van der Waals surface area contributed by atoms with Crippen molar-refractivity contribution in [2.75, 3.05) is 13.6 Å². The zero-order chi connectivity index (χ0) is 14.3. The second kappa shape index (κ2) is 4.81. The van der Waals surface area contributed by atoms with Crippen molar-refractivity contribution >= 4 is 0 Å². The summed E-state index contributed by atoms with van der Waals surface area (Å²) in [5.41, 5.74) is 2.43. The highest BCUT2D eigenvalue weighted by molar-refractivity contribution is 5.47. The third kappa shape index (κ3) is 2.03. The maximum atomic E-state index is 10.2. The van der Waals surface area contributed by atoms with Crippen molar-refractivity contribution in [2.45, 2.75) is 12.1 Å². The lowest BCUT2D eigenvalue weighted by Gasteiger charge is -2.37. The van der Waals surface area contributed by atoms with E-state index in [2.05, 4.69) is 0 Å². The fourth-order valence-electron chi connectivity index (χ4n) is 2.94. The van der Waals surface area contributed by atoms with Gasteiger partial charge in [-0.1, -0.05) is 24.3 Å². The molecular formula is C16H17NO3. The third-order valence-electron chi connectivity index (χ3n) is 3.86. The van der Waals surface area contributed by atoms with Crippen LogP contribution in [0.25, 0.3) is 0 Å². The molecule has 0 saturated carbocycles. The first kappa shape index (κ1) is 13.0. The Bertz CT molecular complexity index is 641. The fourth-order valence-corrected chi connectivity index (χ4v) is 2.94. The highest BCUT2D eigenvalue weighted by Crippen LogP contribution is 2.41. The molecular weight excluding hydrogens is 254 g/mol. The smallest absolute Gasteiger partial charge is 0.120 e. The molecule has 1 aliphatic heterocycles. The van der Waals surface area contributed by atoms with Crippen molar-refractivity contribution in [1.29, 1.82) is 0 Å². The molecule has 1 heterocycles. The molecule has 4 heteroatoms. The highest BCUT2D eigenvalue weighted by atomic mass is 16.3. The van der Waals surface area contributed by atoms with Crippen molar-refractivity contribution in [3.63, 3.8) is 0 Å². The number of rotatable bonds is 1. The molecule has 2 aromatic rings. The zero-order valence-electron chi connectivity index (χ0n) is 11.2. The Kier molecular flexibility index (Phi) is 3.12. The van der Waals surface area contributed by atoms with Crippen molar-refractivity contribution in [3.05, 3.63) is 59.2 Å². The Balaban J connectivity index is 2.17. The lowest BCUT2D eigenvalue weighted by atomic mass is 9.86. The van der Waals surface area contributed by atoms with E-state index in [1.54, 1.807) is 30.3 Å². The Morgan fingerprint density at radius 2 is 1.75 bits per heavy atom. The minimum Gasteiger partial charge on any atom is -0.508 e. The number of aromatic hydroxyl groups is 2. The molecule has 0 radical (unpaired) electrons. The van der Waals surface area contributed by atoms with Crippen LogP contribution in [0.3, 0.4) is 0 Å². The lowest BCUT2D eigenvalue weighted by molar-refractivity contribution is 0.0935. The van der Waals surface area contributed by atoms with Gasteiger partial charge in [0.25, 0.3) is 0 Å². The number of benzene rings is 2. The van der Waals surface area contributed by atoms with Gasteiger partial charge in [-0.15, -0.1) is 0 Å². The second-order valence-electron chi connectivity index (χ2n) is 5.23. The molecule has 0 amide bonds. The van der Waals surface area contributed by atoms with Crippen LogP contribution >= 0.6 is 0 Å². The van der Waals surface area contributed by atoms with Gasteiger partial charge >= 0.3 is 0 Å². The van der Waals surface area contributed by atoms with Crippen LogP contribution in [0.2, 0.25) is 0 Å². The first-order chi connectivity index (χ1) is 9.58. The quantitative estimate of drug-likeness (QED) is 0.744. The van der Waals surface area contributed by atoms with E-state index in [1.165, 1.54) is 0 Å². The predicted molar refractivity (Wildman–Crippen MR) is 75.6 cm³/mol. The molecule has 3 N–H and O–H groups in total. The molecule has 0 bridgehead atoms. The predicted octanol–water partition coefficient (Wildman–Crippen LogP) is 2.17. The molecule has 0 spiro atoms. The molecule has 0 aromatic heterocycles. The molecule has 0 saturated heterocycles. The fraction of sp³-hybridized carbons (Fsp3) is 0.250. The molecule has 2 unspecified atom stereocenters. The number of para-hydroxylation sites is 1. The highest BCUT2D eigenvalue weighted by Gasteiger charge is 2.32. The van der Waals surface area contributed by atoms with Crippen molar-refractivity contribution < 1.29 is 15.3 Å². The number of fused-ring (bicyclic) bond motifs is 1. The van der Waals surface area contributed by atoms with E-state index in [0.717, 1.165) is 16.7 Å². The molecule has 0 aliphatic carbocycles. The summed E-state index contributed by atoms with van der Waals surface area (Å²) < 4.78 is 0. The van der Waals surface area contributed by atoms with Gasteiger partial charge in [-0.05, 0) is 36.4 Å². The molecule has 2 aromatic carbocycles. The SMILES string of the molecule is CN1CC(O)c2cc(O)ccc2C1c1ccccc1O. The van der Waals surface area contributed by atoms with Crippen LogP contribution in [-0.4, -0.2) is 33.8 Å². The van der Waals surface area contributed by atoms with Gasteiger partial charge in [0.2, 0.25) is 0 Å². The molecule has 3 rings (SSSR count). The van der Waals surface area contributed by atoms with Gasteiger partial charge in [-0.25, -0.2) is 0 Å². The summed E-state index contributed by atoms with van der Waals surface area (Å²) in [5, 5.41) is 29.9. The molecule has 1 aliphatic rings. The third-order valence-corrected chi connectivity index (χ3v) is 3.86. The standard InChI is InChI=1S/C16H17NO3/c1-17-9-15(20)13-8-10(18)6-7-11(13)16(17)12-4-2-3-5-14(12)19/h2-8,15-16,18-20H,9H2,1H3. The Morgan fingerprint density at radius 1 is 1.00 bits per heavy atom. The van der Waals surface area contributed by atoms with Crippen molar-refractivity contribution in [2.24, 2.45) is 0 Å². The first-order valence-corrected chi connectivity index (χ1v) is 6.57. The van der Waals surface area contributed by atoms with Crippen molar-refractivity contribution in [1.82, 2.24) is 4.90 Å². The van der Waals surface area contributed by atoms with E-state index in [4.69, 9.17) is 0 Å². The van der Waals surface area contributed by atoms with E-state index in [1.807, 2.05) is 24.1 Å². The monoisotopic (exact) mass is 271 g/mol. The van der Waals surface area contributed by atoms with Crippen LogP contribution in [0.4, 0.5) is 0 Å². The number of phenolic OH excluding ortho intramolecular Hbond substituents is 2. The number of phenols is 2. The molecule has 4 nitrogen and oxygen atoms in total. The van der Waals surface area contributed by atoms with E-state index >= 15 is 0 Å². The maximum absolute atomic E-state index is 10.2. The average molecular weight is 271 g/mol. The summed E-state index contributed by atoms with van der Waals surface area (Å²) in [6, 6.07) is 12.1. The van der Waals surface area contributed by atoms with Crippen LogP contribution in [0.15, 0.2) is 42.5 Å². The zero-order valence-corrected chi connectivity index (χ0v) is 11.2. The second-order valence-corrected chi connectivity index (χ2v) is 5.23. The molecule has 0 fully saturated rings. The van der Waals surface area contributed by atoms with Gasteiger partial charge in [0.05, 0.1) is 12.1 Å². The summed E-state index contributed by atoms with van der Waals surface area (Å²) in [7, 11) is 1.91. The van der Waals surface area contributed by atoms with Crippen molar-refractivity contribution in [3.8, 4) is 11.5 Å². The van der Waals surface area contributed by atoms with E-state index in [-0.39, 0.29) is 17.5 Å². The summed E-state index contributed by atoms with van der Waals surface area (Å²) >= 11 is 0. The van der Waals surface area contributed by atoms with Crippen LogP contribution in [0.5, 0.6) is 11.5 Å². The van der Waals surface area contributed by atoms with Gasteiger partial charge < -0.3 is 15.3 Å². The molecule has 20 heavy (non-hydrogen) atoms. The van der Waals surface area contributed by atoms with Gasteiger partial charge in [-0.3, -0.25) is 4.90 Å². The number of nitrogens with zero attached hydrogens (tertiary/aromatic N) is 1. The average Bonchev–Trinajstić information content (AvgIpc) is 2.41. The number of β-amino-alcohol motifs (C(OH)–C–C–N with tert-alkyl or cyclic N) is 1. The molecule has 2 atom stereocenters. The van der Waals surface area contributed by atoms with Crippen LogP contribution in [0.1, 0.15) is 28.8 Å². The van der Waals surface area contributed by atoms with E-state index in [0.29, 0.717) is 6.54 Å². The van der Waals surface area contributed by atoms with Gasteiger partial charge in [0.1, 0.15) is 11.5 Å².